The smallest absolute Gasteiger partial charge is 0.253 e. The highest BCUT2D eigenvalue weighted by atomic mass is 32.2. The summed E-state index contributed by atoms with van der Waals surface area (Å²) in [5, 5.41) is 2.79. The topological polar surface area (TPSA) is 101 Å². The molecule has 9 heteroatoms. The Morgan fingerprint density at radius 3 is 2.39 bits per heavy atom. The molecule has 2 unspecified atom stereocenters. The number of morpholine rings is 1. The molecule has 8 nitrogen and oxygen atoms in total. The molecule has 2 atom stereocenters. The van der Waals surface area contributed by atoms with Gasteiger partial charge in [0.25, 0.3) is 5.91 Å². The SMILES string of the molecule is CC1CN(c2ccc(C(=O)NCc3ccc(S(C)(=O)=O)nc3)cn2)CC(C)O1. The predicted molar refractivity (Wildman–Crippen MR) is 105 cm³/mol. The molecule has 0 aromatic carbocycles. The molecule has 1 amide bonds. The zero-order chi connectivity index (χ0) is 20.3. The van der Waals surface area contributed by atoms with E-state index >= 15 is 0 Å². The molecule has 1 fully saturated rings. The van der Waals surface area contributed by atoms with Crippen LogP contribution in [0.25, 0.3) is 0 Å². The second-order valence-electron chi connectivity index (χ2n) is 7.03. The van der Waals surface area contributed by atoms with Gasteiger partial charge in [-0.15, -0.1) is 0 Å². The van der Waals surface area contributed by atoms with Crippen LogP contribution in [0.1, 0.15) is 29.8 Å². The standard InChI is InChI=1S/C19H24N4O4S/c1-13-11-23(12-14(2)27-13)17-6-5-16(10-20-17)19(24)22-9-15-4-7-18(21-8-15)28(3,25)26/h4-8,10,13-14H,9,11-12H2,1-3H3,(H,22,24). The molecule has 150 valence electrons. The second kappa shape index (κ2) is 8.24. The van der Waals surface area contributed by atoms with E-state index in [1.54, 1.807) is 18.3 Å². The molecule has 0 bridgehead atoms. The summed E-state index contributed by atoms with van der Waals surface area (Å²) in [5.41, 5.74) is 1.17. The van der Waals surface area contributed by atoms with Crippen LogP contribution in [0, 0.1) is 0 Å². The van der Waals surface area contributed by atoms with Gasteiger partial charge in [0.2, 0.25) is 0 Å². The van der Waals surface area contributed by atoms with Crippen molar-refractivity contribution in [2.24, 2.45) is 0 Å². The van der Waals surface area contributed by atoms with Crippen molar-refractivity contribution >= 4 is 21.6 Å². The van der Waals surface area contributed by atoms with E-state index in [9.17, 15) is 13.2 Å². The van der Waals surface area contributed by atoms with Crippen molar-refractivity contribution in [3.05, 3.63) is 47.8 Å². The van der Waals surface area contributed by atoms with E-state index in [1.807, 2.05) is 19.9 Å². The Kier molecular flexibility index (Phi) is 5.95. The van der Waals surface area contributed by atoms with Crippen molar-refractivity contribution in [3.63, 3.8) is 0 Å². The fraction of sp³-hybridized carbons (Fsp3) is 0.421. The van der Waals surface area contributed by atoms with Crippen LogP contribution in [0.15, 0.2) is 41.7 Å². The number of hydrogen-bond donors (Lipinski definition) is 1. The lowest BCUT2D eigenvalue weighted by Gasteiger charge is -2.36. The second-order valence-corrected chi connectivity index (χ2v) is 8.99. The van der Waals surface area contributed by atoms with Gasteiger partial charge in [0.1, 0.15) is 5.82 Å². The van der Waals surface area contributed by atoms with Crippen LogP contribution >= 0.6 is 0 Å². The fourth-order valence-corrected chi connectivity index (χ4v) is 3.65. The average Bonchev–Trinajstić information content (AvgIpc) is 2.65. The first-order valence-electron chi connectivity index (χ1n) is 9.02. The van der Waals surface area contributed by atoms with Crippen molar-refractivity contribution in [3.8, 4) is 0 Å². The van der Waals surface area contributed by atoms with Crippen LogP contribution in [-0.2, 0) is 21.1 Å². The molecule has 2 aromatic rings. The zero-order valence-electron chi connectivity index (χ0n) is 16.1. The summed E-state index contributed by atoms with van der Waals surface area (Å²) in [6, 6.07) is 6.64. The van der Waals surface area contributed by atoms with Crippen LogP contribution in [0.2, 0.25) is 0 Å². The van der Waals surface area contributed by atoms with Gasteiger partial charge < -0.3 is 15.0 Å². The maximum absolute atomic E-state index is 12.3. The first kappa shape index (κ1) is 20.2. The predicted octanol–water partition coefficient (Wildman–Crippen LogP) is 1.42. The number of carbonyl (C=O) groups is 1. The van der Waals surface area contributed by atoms with E-state index in [1.165, 1.54) is 12.3 Å². The Balaban J connectivity index is 1.59. The lowest BCUT2D eigenvalue weighted by Crippen LogP contribution is -2.45. The summed E-state index contributed by atoms with van der Waals surface area (Å²) in [7, 11) is -3.33. The zero-order valence-corrected chi connectivity index (χ0v) is 16.9. The third kappa shape index (κ3) is 5.05. The molecular formula is C19H24N4O4S. The summed E-state index contributed by atoms with van der Waals surface area (Å²) < 4.78 is 28.6. The summed E-state index contributed by atoms with van der Waals surface area (Å²) in [5.74, 6) is 0.564. The highest BCUT2D eigenvalue weighted by Gasteiger charge is 2.23. The fourth-order valence-electron chi connectivity index (χ4n) is 3.09. The molecule has 1 saturated heterocycles. The van der Waals surface area contributed by atoms with E-state index in [2.05, 4.69) is 20.2 Å². The Morgan fingerprint density at radius 1 is 1.14 bits per heavy atom. The van der Waals surface area contributed by atoms with Gasteiger partial charge in [0, 0.05) is 38.3 Å². The molecule has 3 rings (SSSR count). The van der Waals surface area contributed by atoms with Crippen molar-refractivity contribution in [2.75, 3.05) is 24.2 Å². The number of pyridine rings is 2. The highest BCUT2D eigenvalue weighted by Crippen LogP contribution is 2.18. The van der Waals surface area contributed by atoms with Gasteiger partial charge in [-0.05, 0) is 37.6 Å². The van der Waals surface area contributed by atoms with Gasteiger partial charge in [-0.3, -0.25) is 4.79 Å². The van der Waals surface area contributed by atoms with Crippen LogP contribution in [0.3, 0.4) is 0 Å². The maximum Gasteiger partial charge on any atom is 0.253 e. The van der Waals surface area contributed by atoms with E-state index in [-0.39, 0.29) is 29.7 Å². The molecule has 0 radical (unpaired) electrons. The van der Waals surface area contributed by atoms with Crippen molar-refractivity contribution in [2.45, 2.75) is 37.6 Å². The van der Waals surface area contributed by atoms with Gasteiger partial charge in [-0.1, -0.05) is 6.07 Å². The molecule has 0 aliphatic carbocycles. The molecule has 1 aliphatic rings. The van der Waals surface area contributed by atoms with E-state index in [0.29, 0.717) is 11.1 Å². The number of rotatable bonds is 5. The normalized spacial score (nSPS) is 20.0. The molecule has 0 saturated carbocycles. The van der Waals surface area contributed by atoms with Gasteiger partial charge in [-0.25, -0.2) is 18.4 Å². The Morgan fingerprint density at radius 2 is 1.86 bits per heavy atom. The maximum atomic E-state index is 12.3. The third-order valence-corrected chi connectivity index (χ3v) is 5.39. The van der Waals surface area contributed by atoms with E-state index in [4.69, 9.17) is 4.74 Å². The summed E-state index contributed by atoms with van der Waals surface area (Å²) in [6.45, 7) is 5.83. The number of nitrogens with one attached hydrogen (secondary N) is 1. The Labute approximate surface area is 164 Å². The van der Waals surface area contributed by atoms with Crippen molar-refractivity contribution in [1.82, 2.24) is 15.3 Å². The van der Waals surface area contributed by atoms with Gasteiger partial charge in [0.15, 0.2) is 14.9 Å². The molecular weight excluding hydrogens is 380 g/mol. The molecule has 28 heavy (non-hydrogen) atoms. The minimum atomic E-state index is -3.33. The molecule has 3 heterocycles. The minimum Gasteiger partial charge on any atom is -0.372 e. The Hall–Kier alpha value is -2.52. The van der Waals surface area contributed by atoms with Crippen molar-refractivity contribution in [1.29, 1.82) is 0 Å². The number of carbonyl (C=O) groups excluding carboxylic acids is 1. The first-order chi connectivity index (χ1) is 13.2. The van der Waals surface area contributed by atoms with Gasteiger partial charge in [0.05, 0.1) is 17.8 Å². The molecule has 1 aliphatic heterocycles. The molecule has 1 N–H and O–H groups in total. The van der Waals surface area contributed by atoms with E-state index in [0.717, 1.165) is 25.2 Å². The summed E-state index contributed by atoms with van der Waals surface area (Å²) >= 11 is 0. The van der Waals surface area contributed by atoms with Crippen molar-refractivity contribution < 1.29 is 17.9 Å². The van der Waals surface area contributed by atoms with Crippen LogP contribution in [-0.4, -0.2) is 55.8 Å². The number of nitrogens with zero attached hydrogens (tertiary/aromatic N) is 3. The van der Waals surface area contributed by atoms with E-state index < -0.39 is 9.84 Å². The Bertz CT molecular complexity index is 919. The largest absolute Gasteiger partial charge is 0.372 e. The summed E-state index contributed by atoms with van der Waals surface area (Å²) in [4.78, 5) is 22.8. The summed E-state index contributed by atoms with van der Waals surface area (Å²) in [6.07, 6.45) is 4.37. The monoisotopic (exact) mass is 404 g/mol. The van der Waals surface area contributed by atoms with Gasteiger partial charge in [-0.2, -0.15) is 0 Å². The van der Waals surface area contributed by atoms with Crippen LogP contribution in [0.5, 0.6) is 0 Å². The molecule has 2 aromatic heterocycles. The van der Waals surface area contributed by atoms with Gasteiger partial charge >= 0.3 is 0 Å². The number of sulfone groups is 1. The number of amides is 1. The molecule has 0 spiro atoms. The lowest BCUT2D eigenvalue weighted by atomic mass is 10.2. The first-order valence-corrected chi connectivity index (χ1v) is 10.9. The average molecular weight is 404 g/mol. The quantitative estimate of drug-likeness (QED) is 0.804. The highest BCUT2D eigenvalue weighted by molar-refractivity contribution is 7.90. The van der Waals surface area contributed by atoms with Crippen LogP contribution in [0.4, 0.5) is 5.82 Å². The number of ether oxygens (including phenoxy) is 1. The number of aromatic nitrogens is 2. The minimum absolute atomic E-state index is 0.00844. The number of hydrogen-bond acceptors (Lipinski definition) is 7. The van der Waals surface area contributed by atoms with Crippen LogP contribution < -0.4 is 10.2 Å². The third-order valence-electron chi connectivity index (χ3n) is 4.38. The number of anilines is 1. The lowest BCUT2D eigenvalue weighted by molar-refractivity contribution is -0.00546.